The summed E-state index contributed by atoms with van der Waals surface area (Å²) in [5.74, 6) is -0.360. The van der Waals surface area contributed by atoms with Crippen LogP contribution in [0.2, 0.25) is 0 Å². The van der Waals surface area contributed by atoms with Crippen molar-refractivity contribution in [2.24, 2.45) is 0 Å². The van der Waals surface area contributed by atoms with Crippen molar-refractivity contribution in [1.29, 1.82) is 0 Å². The number of benzene rings is 2. The lowest BCUT2D eigenvalue weighted by molar-refractivity contribution is -0.114. The highest BCUT2D eigenvalue weighted by Crippen LogP contribution is 2.11. The smallest absolute Gasteiger partial charge is 0.251 e. The van der Waals surface area contributed by atoms with Crippen LogP contribution in [0.25, 0.3) is 0 Å². The molecule has 0 heterocycles. The van der Waals surface area contributed by atoms with Crippen molar-refractivity contribution in [2.45, 2.75) is 0 Å². The second-order valence-corrected chi connectivity index (χ2v) is 4.43. The predicted molar refractivity (Wildman–Crippen MR) is 83.4 cm³/mol. The molecule has 5 nitrogen and oxygen atoms in total. The van der Waals surface area contributed by atoms with Gasteiger partial charge in [-0.15, -0.1) is 0 Å². The van der Waals surface area contributed by atoms with E-state index in [2.05, 4.69) is 16.0 Å². The Kier molecular flexibility index (Phi) is 4.93. The zero-order valence-corrected chi connectivity index (χ0v) is 11.7. The van der Waals surface area contributed by atoms with Gasteiger partial charge < -0.3 is 16.0 Å². The molecular weight excluding hydrogens is 266 g/mol. The van der Waals surface area contributed by atoms with Gasteiger partial charge in [-0.05, 0) is 30.3 Å². The van der Waals surface area contributed by atoms with Crippen molar-refractivity contribution in [3.8, 4) is 0 Å². The van der Waals surface area contributed by atoms with Crippen LogP contribution in [-0.4, -0.2) is 25.4 Å². The Morgan fingerprint density at radius 1 is 0.952 bits per heavy atom. The largest absolute Gasteiger partial charge is 0.376 e. The Hall–Kier alpha value is -2.82. The van der Waals surface area contributed by atoms with Gasteiger partial charge in [-0.2, -0.15) is 0 Å². The number of amides is 2. The van der Waals surface area contributed by atoms with Crippen LogP contribution >= 0.6 is 0 Å². The van der Waals surface area contributed by atoms with Crippen LogP contribution in [0, 0.1) is 0 Å². The lowest BCUT2D eigenvalue weighted by Crippen LogP contribution is -2.22. The highest BCUT2D eigenvalue weighted by molar-refractivity contribution is 5.97. The maximum absolute atomic E-state index is 11.9. The van der Waals surface area contributed by atoms with E-state index in [0.29, 0.717) is 11.3 Å². The summed E-state index contributed by atoms with van der Waals surface area (Å²) in [4.78, 5) is 23.4. The number of nitrogens with one attached hydrogen (secondary N) is 3. The summed E-state index contributed by atoms with van der Waals surface area (Å²) in [6, 6.07) is 16.3. The van der Waals surface area contributed by atoms with Crippen molar-refractivity contribution in [1.82, 2.24) is 5.32 Å². The number of carbonyl (C=O) groups is 2. The lowest BCUT2D eigenvalue weighted by Gasteiger charge is -2.08. The molecule has 5 heteroatoms. The van der Waals surface area contributed by atoms with E-state index in [1.807, 2.05) is 30.3 Å². The molecule has 0 fully saturated rings. The Morgan fingerprint density at radius 3 is 2.38 bits per heavy atom. The van der Waals surface area contributed by atoms with Gasteiger partial charge in [-0.25, -0.2) is 0 Å². The lowest BCUT2D eigenvalue weighted by atomic mass is 10.2. The van der Waals surface area contributed by atoms with Gasteiger partial charge in [0.25, 0.3) is 5.91 Å². The van der Waals surface area contributed by atoms with Crippen LogP contribution in [0.15, 0.2) is 54.6 Å². The quantitative estimate of drug-likeness (QED) is 0.787. The second kappa shape index (κ2) is 7.09. The molecular formula is C16H17N3O2. The van der Waals surface area contributed by atoms with E-state index in [1.165, 1.54) is 0 Å². The maximum Gasteiger partial charge on any atom is 0.251 e. The van der Waals surface area contributed by atoms with Gasteiger partial charge in [0.1, 0.15) is 0 Å². The van der Waals surface area contributed by atoms with Crippen LogP contribution in [-0.2, 0) is 4.79 Å². The molecule has 0 aliphatic rings. The molecule has 2 aromatic rings. The molecule has 0 saturated carbocycles. The van der Waals surface area contributed by atoms with Crippen molar-refractivity contribution in [2.75, 3.05) is 24.2 Å². The van der Waals surface area contributed by atoms with E-state index < -0.39 is 0 Å². The van der Waals surface area contributed by atoms with Gasteiger partial charge in [0.15, 0.2) is 0 Å². The zero-order valence-electron chi connectivity index (χ0n) is 11.7. The molecule has 2 amide bonds. The summed E-state index contributed by atoms with van der Waals surface area (Å²) >= 11 is 0. The molecule has 0 atom stereocenters. The first-order valence-corrected chi connectivity index (χ1v) is 6.60. The SMILES string of the molecule is CNC(=O)c1cccc(NC(=O)CNc2ccccc2)c1. The first-order valence-electron chi connectivity index (χ1n) is 6.60. The van der Waals surface area contributed by atoms with Crippen LogP contribution in [0.3, 0.4) is 0 Å². The number of hydrogen-bond donors (Lipinski definition) is 3. The standard InChI is InChI=1S/C16H17N3O2/c1-17-16(21)12-6-5-9-14(10-12)19-15(20)11-18-13-7-3-2-4-8-13/h2-10,18H,11H2,1H3,(H,17,21)(H,19,20). The molecule has 0 aromatic heterocycles. The Labute approximate surface area is 123 Å². The number of para-hydroxylation sites is 1. The third kappa shape index (κ3) is 4.35. The number of carbonyl (C=O) groups excluding carboxylic acids is 2. The molecule has 3 N–H and O–H groups in total. The van der Waals surface area contributed by atoms with Crippen molar-refractivity contribution in [3.63, 3.8) is 0 Å². The van der Waals surface area contributed by atoms with Gasteiger partial charge in [0.2, 0.25) is 5.91 Å². The van der Waals surface area contributed by atoms with Crippen LogP contribution < -0.4 is 16.0 Å². The third-order valence-electron chi connectivity index (χ3n) is 2.86. The topological polar surface area (TPSA) is 70.2 Å². The molecule has 0 saturated heterocycles. The van der Waals surface area contributed by atoms with Gasteiger partial charge >= 0.3 is 0 Å². The minimum absolute atomic E-state index is 0.161. The molecule has 2 rings (SSSR count). The molecule has 2 aromatic carbocycles. The highest BCUT2D eigenvalue weighted by atomic mass is 16.2. The number of hydrogen-bond acceptors (Lipinski definition) is 3. The summed E-state index contributed by atoms with van der Waals surface area (Å²) in [6.07, 6.45) is 0. The summed E-state index contributed by atoms with van der Waals surface area (Å²) in [5.41, 5.74) is 1.98. The van der Waals surface area contributed by atoms with Crippen LogP contribution in [0.5, 0.6) is 0 Å². The average molecular weight is 283 g/mol. The third-order valence-corrected chi connectivity index (χ3v) is 2.86. The van der Waals surface area contributed by atoms with Gasteiger partial charge in [0, 0.05) is 24.0 Å². The Morgan fingerprint density at radius 2 is 1.67 bits per heavy atom. The highest BCUT2D eigenvalue weighted by Gasteiger charge is 2.06. The fourth-order valence-electron chi connectivity index (χ4n) is 1.83. The fraction of sp³-hybridized carbons (Fsp3) is 0.125. The summed E-state index contributed by atoms with van der Waals surface area (Å²) in [5, 5.41) is 8.32. The molecule has 21 heavy (non-hydrogen) atoms. The first-order chi connectivity index (χ1) is 10.2. The van der Waals surface area contributed by atoms with Crippen LogP contribution in [0.4, 0.5) is 11.4 Å². The number of anilines is 2. The molecule has 0 spiro atoms. The van der Waals surface area contributed by atoms with E-state index in [1.54, 1.807) is 31.3 Å². The molecule has 0 unspecified atom stereocenters. The van der Waals surface area contributed by atoms with E-state index in [4.69, 9.17) is 0 Å². The van der Waals surface area contributed by atoms with Gasteiger partial charge in [0.05, 0.1) is 6.54 Å². The predicted octanol–water partition coefficient (Wildman–Crippen LogP) is 2.10. The maximum atomic E-state index is 11.9. The van der Waals surface area contributed by atoms with E-state index in [9.17, 15) is 9.59 Å². The van der Waals surface area contributed by atoms with E-state index >= 15 is 0 Å². The van der Waals surface area contributed by atoms with E-state index in [0.717, 1.165) is 5.69 Å². The van der Waals surface area contributed by atoms with Gasteiger partial charge in [-0.3, -0.25) is 9.59 Å². The van der Waals surface area contributed by atoms with E-state index in [-0.39, 0.29) is 18.4 Å². The normalized spacial score (nSPS) is 9.76. The van der Waals surface area contributed by atoms with Crippen LogP contribution in [0.1, 0.15) is 10.4 Å². The molecule has 0 bridgehead atoms. The minimum atomic E-state index is -0.187. The second-order valence-electron chi connectivity index (χ2n) is 4.43. The summed E-state index contributed by atoms with van der Waals surface area (Å²) < 4.78 is 0. The monoisotopic (exact) mass is 283 g/mol. The van der Waals surface area contributed by atoms with Crippen molar-refractivity contribution in [3.05, 3.63) is 60.2 Å². The Bertz CT molecular complexity index is 626. The first kappa shape index (κ1) is 14.6. The van der Waals surface area contributed by atoms with Gasteiger partial charge in [-0.1, -0.05) is 24.3 Å². The minimum Gasteiger partial charge on any atom is -0.376 e. The molecule has 0 aliphatic heterocycles. The molecule has 0 radical (unpaired) electrons. The fourth-order valence-corrected chi connectivity index (χ4v) is 1.83. The summed E-state index contributed by atoms with van der Waals surface area (Å²) in [6.45, 7) is 0.161. The Balaban J connectivity index is 1.92. The zero-order chi connectivity index (χ0) is 15.1. The number of rotatable bonds is 5. The summed E-state index contributed by atoms with van der Waals surface area (Å²) in [7, 11) is 1.57. The average Bonchev–Trinajstić information content (AvgIpc) is 2.53. The van der Waals surface area contributed by atoms with Crippen molar-refractivity contribution < 1.29 is 9.59 Å². The van der Waals surface area contributed by atoms with Crippen molar-refractivity contribution >= 4 is 23.2 Å². The molecule has 108 valence electrons. The molecule has 0 aliphatic carbocycles.